The van der Waals surface area contributed by atoms with Gasteiger partial charge >= 0.3 is 0 Å². The molecule has 100 valence electrons. The van der Waals surface area contributed by atoms with Gasteiger partial charge < -0.3 is 9.64 Å². The van der Waals surface area contributed by atoms with Crippen molar-refractivity contribution in [1.82, 2.24) is 4.90 Å². The van der Waals surface area contributed by atoms with Crippen LogP contribution in [0, 0.1) is 5.82 Å². The minimum absolute atomic E-state index is 0.214. The predicted octanol–water partition coefficient (Wildman–Crippen LogP) is 3.47. The zero-order valence-electron chi connectivity index (χ0n) is 11.2. The number of hydrogen-bond donors (Lipinski definition) is 0. The normalized spacial score (nSPS) is 19.7. The molecule has 18 heavy (non-hydrogen) atoms. The Balaban J connectivity index is 1.81. The molecule has 0 aliphatic carbocycles. The minimum atomic E-state index is -0.214. The molecule has 0 radical (unpaired) electrons. The molecule has 0 aromatic heterocycles. The lowest BCUT2D eigenvalue weighted by atomic mass is 10.0. The summed E-state index contributed by atoms with van der Waals surface area (Å²) in [5.74, 6) is 0.562. The second-order valence-electron chi connectivity index (χ2n) is 5.06. The van der Waals surface area contributed by atoms with Crippen molar-refractivity contribution in [3.63, 3.8) is 0 Å². The Morgan fingerprint density at radius 2 is 1.89 bits per heavy atom. The van der Waals surface area contributed by atoms with Gasteiger partial charge in [0.2, 0.25) is 0 Å². The van der Waals surface area contributed by atoms with E-state index >= 15 is 0 Å². The Bertz CT molecular complexity index is 357. The van der Waals surface area contributed by atoms with E-state index in [0.29, 0.717) is 6.04 Å². The Labute approximate surface area is 109 Å². The van der Waals surface area contributed by atoms with E-state index in [9.17, 15) is 4.39 Å². The Kier molecular flexibility index (Phi) is 4.59. The van der Waals surface area contributed by atoms with Crippen LogP contribution in [0.1, 0.15) is 33.1 Å². The first kappa shape index (κ1) is 13.3. The third kappa shape index (κ3) is 3.45. The molecule has 0 N–H and O–H groups in total. The first-order chi connectivity index (χ1) is 8.69. The van der Waals surface area contributed by atoms with Gasteiger partial charge in [-0.2, -0.15) is 0 Å². The molecule has 1 fully saturated rings. The number of likely N-dealkylation sites (tertiary alicyclic amines) is 1. The van der Waals surface area contributed by atoms with Gasteiger partial charge in [0.05, 0.1) is 0 Å². The van der Waals surface area contributed by atoms with Gasteiger partial charge in [-0.1, -0.05) is 6.92 Å². The minimum Gasteiger partial charge on any atom is -0.490 e. The second-order valence-corrected chi connectivity index (χ2v) is 5.06. The summed E-state index contributed by atoms with van der Waals surface area (Å²) in [5, 5.41) is 0. The molecular weight excluding hydrogens is 229 g/mol. The quantitative estimate of drug-likeness (QED) is 0.812. The molecule has 0 bridgehead atoms. The van der Waals surface area contributed by atoms with Crippen LogP contribution < -0.4 is 4.74 Å². The number of ether oxygens (including phenoxy) is 1. The van der Waals surface area contributed by atoms with Gasteiger partial charge in [-0.25, -0.2) is 4.39 Å². The molecule has 2 nitrogen and oxygen atoms in total. The lowest BCUT2D eigenvalue weighted by Gasteiger charge is -2.35. The van der Waals surface area contributed by atoms with Crippen molar-refractivity contribution in [2.45, 2.75) is 45.3 Å². The summed E-state index contributed by atoms with van der Waals surface area (Å²) in [6.45, 7) is 6.70. The van der Waals surface area contributed by atoms with Crippen molar-refractivity contribution in [3.8, 4) is 5.75 Å². The Morgan fingerprint density at radius 1 is 1.28 bits per heavy atom. The van der Waals surface area contributed by atoms with Crippen molar-refractivity contribution in [1.29, 1.82) is 0 Å². The highest BCUT2D eigenvalue weighted by Crippen LogP contribution is 2.20. The average Bonchev–Trinajstić information content (AvgIpc) is 2.41. The van der Waals surface area contributed by atoms with E-state index in [4.69, 9.17) is 4.74 Å². The standard InChI is InChI=1S/C15H22FNO/c1-3-12(2)17-10-8-15(9-11-17)18-14-6-4-13(16)5-7-14/h4-7,12,15H,3,8-11H2,1-2H3. The van der Waals surface area contributed by atoms with Crippen LogP contribution in [0.25, 0.3) is 0 Å². The van der Waals surface area contributed by atoms with Crippen LogP contribution in [0.3, 0.4) is 0 Å². The molecule has 1 heterocycles. The van der Waals surface area contributed by atoms with Crippen molar-refractivity contribution >= 4 is 0 Å². The van der Waals surface area contributed by atoms with E-state index in [0.717, 1.165) is 31.7 Å². The van der Waals surface area contributed by atoms with Gasteiger partial charge in [0.15, 0.2) is 0 Å². The smallest absolute Gasteiger partial charge is 0.123 e. The first-order valence-electron chi connectivity index (χ1n) is 6.85. The SMILES string of the molecule is CCC(C)N1CCC(Oc2ccc(F)cc2)CC1. The number of nitrogens with zero attached hydrogens (tertiary/aromatic N) is 1. The summed E-state index contributed by atoms with van der Waals surface area (Å²) >= 11 is 0. The molecule has 1 aliphatic heterocycles. The molecule has 1 aliphatic rings. The zero-order chi connectivity index (χ0) is 13.0. The number of piperidine rings is 1. The summed E-state index contributed by atoms with van der Waals surface area (Å²) in [6.07, 6.45) is 3.59. The van der Waals surface area contributed by atoms with Crippen LogP contribution in [-0.2, 0) is 0 Å². The second kappa shape index (κ2) is 6.19. The van der Waals surface area contributed by atoms with E-state index in [1.165, 1.54) is 18.6 Å². The fraction of sp³-hybridized carbons (Fsp3) is 0.600. The lowest BCUT2D eigenvalue weighted by Crippen LogP contribution is -2.42. The van der Waals surface area contributed by atoms with Gasteiger partial charge in [-0.3, -0.25) is 0 Å². The summed E-state index contributed by atoms with van der Waals surface area (Å²) < 4.78 is 18.7. The van der Waals surface area contributed by atoms with Crippen molar-refractivity contribution in [2.75, 3.05) is 13.1 Å². The highest BCUT2D eigenvalue weighted by atomic mass is 19.1. The monoisotopic (exact) mass is 251 g/mol. The maximum absolute atomic E-state index is 12.8. The molecule has 1 aromatic rings. The topological polar surface area (TPSA) is 12.5 Å². The molecule has 0 amide bonds. The van der Waals surface area contributed by atoms with Crippen LogP contribution in [0.5, 0.6) is 5.75 Å². The largest absolute Gasteiger partial charge is 0.490 e. The average molecular weight is 251 g/mol. The summed E-state index contributed by atoms with van der Waals surface area (Å²) in [5.41, 5.74) is 0. The fourth-order valence-corrected chi connectivity index (χ4v) is 2.40. The molecule has 0 saturated carbocycles. The van der Waals surface area contributed by atoms with E-state index in [2.05, 4.69) is 18.7 Å². The maximum Gasteiger partial charge on any atom is 0.123 e. The van der Waals surface area contributed by atoms with Crippen molar-refractivity contribution in [3.05, 3.63) is 30.1 Å². The molecule has 0 spiro atoms. The molecule has 1 unspecified atom stereocenters. The van der Waals surface area contributed by atoms with Crippen LogP contribution in [-0.4, -0.2) is 30.1 Å². The van der Waals surface area contributed by atoms with E-state index in [1.807, 2.05) is 0 Å². The Hall–Kier alpha value is -1.09. The fourth-order valence-electron chi connectivity index (χ4n) is 2.40. The predicted molar refractivity (Wildman–Crippen MR) is 71.4 cm³/mol. The maximum atomic E-state index is 12.8. The molecule has 1 aromatic carbocycles. The molecular formula is C15H22FNO. The summed E-state index contributed by atoms with van der Waals surface area (Å²) in [6, 6.07) is 6.97. The summed E-state index contributed by atoms with van der Waals surface area (Å²) in [4.78, 5) is 2.52. The van der Waals surface area contributed by atoms with Gasteiger partial charge in [-0.15, -0.1) is 0 Å². The number of hydrogen-bond acceptors (Lipinski definition) is 2. The van der Waals surface area contributed by atoms with Crippen LogP contribution in [0.15, 0.2) is 24.3 Å². The number of halogens is 1. The third-order valence-electron chi connectivity index (χ3n) is 3.81. The van der Waals surface area contributed by atoms with Gasteiger partial charge in [-0.05, 0) is 50.5 Å². The van der Waals surface area contributed by atoms with Crippen LogP contribution >= 0.6 is 0 Å². The van der Waals surface area contributed by atoms with E-state index < -0.39 is 0 Å². The first-order valence-corrected chi connectivity index (χ1v) is 6.85. The number of benzene rings is 1. The number of rotatable bonds is 4. The summed E-state index contributed by atoms with van der Waals surface area (Å²) in [7, 11) is 0. The lowest BCUT2D eigenvalue weighted by molar-refractivity contribution is 0.0788. The Morgan fingerprint density at radius 3 is 2.44 bits per heavy atom. The van der Waals surface area contributed by atoms with Crippen LogP contribution in [0.2, 0.25) is 0 Å². The van der Waals surface area contributed by atoms with Gasteiger partial charge in [0.1, 0.15) is 17.7 Å². The third-order valence-corrected chi connectivity index (χ3v) is 3.81. The van der Waals surface area contributed by atoms with E-state index in [-0.39, 0.29) is 11.9 Å². The molecule has 2 rings (SSSR count). The highest BCUT2D eigenvalue weighted by molar-refractivity contribution is 5.22. The van der Waals surface area contributed by atoms with Crippen molar-refractivity contribution < 1.29 is 9.13 Å². The van der Waals surface area contributed by atoms with Gasteiger partial charge in [0, 0.05) is 19.1 Å². The van der Waals surface area contributed by atoms with Crippen LogP contribution in [0.4, 0.5) is 4.39 Å². The molecule has 1 atom stereocenters. The highest BCUT2D eigenvalue weighted by Gasteiger charge is 2.22. The molecule has 1 saturated heterocycles. The zero-order valence-corrected chi connectivity index (χ0v) is 11.2. The van der Waals surface area contributed by atoms with Gasteiger partial charge in [0.25, 0.3) is 0 Å². The molecule has 3 heteroatoms. The van der Waals surface area contributed by atoms with E-state index in [1.54, 1.807) is 12.1 Å². The van der Waals surface area contributed by atoms with Crippen molar-refractivity contribution in [2.24, 2.45) is 0 Å².